The van der Waals surface area contributed by atoms with Gasteiger partial charge in [0.15, 0.2) is 8.32 Å². The highest BCUT2D eigenvalue weighted by atomic mass is 28.4. The highest BCUT2D eigenvalue weighted by Gasteiger charge is 2.37. The molecule has 0 aromatic heterocycles. The van der Waals surface area contributed by atoms with Gasteiger partial charge in [-0.25, -0.2) is 0 Å². The third kappa shape index (κ3) is 3.91. The van der Waals surface area contributed by atoms with Crippen LogP contribution in [0.2, 0.25) is 18.1 Å². The van der Waals surface area contributed by atoms with E-state index in [1.807, 2.05) is 0 Å². The summed E-state index contributed by atoms with van der Waals surface area (Å²) in [5.74, 6) is 0.912. The van der Waals surface area contributed by atoms with Crippen molar-refractivity contribution in [2.24, 2.45) is 5.92 Å². The molecule has 0 aromatic carbocycles. The molecule has 89 valence electrons. The lowest BCUT2D eigenvalue weighted by atomic mass is 10.1. The predicted octanol–water partition coefficient (Wildman–Crippen LogP) is 4.40. The van der Waals surface area contributed by atoms with E-state index < -0.39 is 8.32 Å². The van der Waals surface area contributed by atoms with E-state index in [2.05, 4.69) is 40.3 Å². The third-order valence-electron chi connectivity index (χ3n) is 4.07. The van der Waals surface area contributed by atoms with Gasteiger partial charge in [-0.1, -0.05) is 27.2 Å². The predicted molar refractivity (Wildman–Crippen MR) is 69.4 cm³/mol. The maximum Gasteiger partial charge on any atom is 0.191 e. The zero-order valence-electron chi connectivity index (χ0n) is 11.1. The first kappa shape index (κ1) is 13.2. The Hall–Kier alpha value is 0.177. The quantitative estimate of drug-likeness (QED) is 0.647. The first-order valence-electron chi connectivity index (χ1n) is 6.28. The molecule has 1 aliphatic rings. The van der Waals surface area contributed by atoms with Crippen molar-refractivity contribution >= 4 is 8.32 Å². The lowest BCUT2D eigenvalue weighted by molar-refractivity contribution is 0.257. The van der Waals surface area contributed by atoms with Gasteiger partial charge < -0.3 is 4.43 Å². The minimum atomic E-state index is -1.49. The van der Waals surface area contributed by atoms with Crippen molar-refractivity contribution < 1.29 is 4.43 Å². The Morgan fingerprint density at radius 2 is 2.00 bits per heavy atom. The van der Waals surface area contributed by atoms with E-state index in [0.717, 1.165) is 12.5 Å². The summed E-state index contributed by atoms with van der Waals surface area (Å²) >= 11 is 0. The molecule has 1 unspecified atom stereocenters. The molecule has 0 heterocycles. The van der Waals surface area contributed by atoms with Crippen molar-refractivity contribution in [3.05, 3.63) is 6.42 Å². The first-order chi connectivity index (χ1) is 6.83. The van der Waals surface area contributed by atoms with E-state index in [0.29, 0.717) is 5.04 Å². The molecule has 0 aromatic rings. The molecule has 1 rings (SSSR count). The Morgan fingerprint density at radius 3 is 2.47 bits per heavy atom. The maximum absolute atomic E-state index is 6.18. The van der Waals surface area contributed by atoms with Crippen LogP contribution in [0.5, 0.6) is 0 Å². The molecule has 15 heavy (non-hydrogen) atoms. The Bertz CT molecular complexity index is 187. The lowest BCUT2D eigenvalue weighted by Gasteiger charge is -2.36. The summed E-state index contributed by atoms with van der Waals surface area (Å²) in [5.41, 5.74) is 0. The van der Waals surface area contributed by atoms with Gasteiger partial charge in [0.05, 0.1) is 0 Å². The van der Waals surface area contributed by atoms with Crippen LogP contribution in [0.1, 0.15) is 46.5 Å². The first-order valence-corrected chi connectivity index (χ1v) is 9.19. The molecular formula is C13H27OSi. The average Bonchev–Trinajstić information content (AvgIpc) is 2.54. The van der Waals surface area contributed by atoms with Gasteiger partial charge in [-0.3, -0.25) is 0 Å². The molecule has 0 N–H and O–H groups in total. The summed E-state index contributed by atoms with van der Waals surface area (Å²) in [6, 6.07) is 0. The maximum atomic E-state index is 6.18. The van der Waals surface area contributed by atoms with Gasteiger partial charge in [-0.2, -0.15) is 0 Å². The van der Waals surface area contributed by atoms with E-state index in [-0.39, 0.29) is 0 Å². The Morgan fingerprint density at radius 1 is 1.33 bits per heavy atom. The van der Waals surface area contributed by atoms with Crippen LogP contribution in [0.15, 0.2) is 0 Å². The summed E-state index contributed by atoms with van der Waals surface area (Å²) in [7, 11) is -1.49. The van der Waals surface area contributed by atoms with Crippen LogP contribution in [0.25, 0.3) is 0 Å². The standard InChI is InChI=1S/C13H27OSi/c1-13(2,3)15(4,5)14-11-10-12-8-6-7-9-12/h6,12H,7-11H2,1-5H3. The van der Waals surface area contributed by atoms with Crippen LogP contribution in [0.3, 0.4) is 0 Å². The van der Waals surface area contributed by atoms with Crippen LogP contribution >= 0.6 is 0 Å². The number of hydrogen-bond donors (Lipinski definition) is 0. The molecule has 0 saturated heterocycles. The van der Waals surface area contributed by atoms with Gasteiger partial charge in [0.1, 0.15) is 0 Å². The molecular weight excluding hydrogens is 200 g/mol. The molecule has 0 aliphatic heterocycles. The molecule has 1 saturated carbocycles. The Labute approximate surface area is 96.7 Å². The fourth-order valence-corrected chi connectivity index (χ4v) is 2.85. The topological polar surface area (TPSA) is 9.23 Å². The van der Waals surface area contributed by atoms with Crippen LogP contribution in [-0.4, -0.2) is 14.9 Å². The monoisotopic (exact) mass is 227 g/mol. The Kier molecular flexibility index (Phi) is 4.42. The summed E-state index contributed by atoms with van der Waals surface area (Å²) in [6.07, 6.45) is 7.73. The van der Waals surface area contributed by atoms with Crippen LogP contribution in [-0.2, 0) is 4.43 Å². The molecule has 0 bridgehead atoms. The van der Waals surface area contributed by atoms with Crippen molar-refractivity contribution in [1.82, 2.24) is 0 Å². The van der Waals surface area contributed by atoms with Gasteiger partial charge in [-0.15, -0.1) is 0 Å². The van der Waals surface area contributed by atoms with Gasteiger partial charge in [0, 0.05) is 6.61 Å². The molecule has 1 fully saturated rings. The molecule has 1 aliphatic carbocycles. The van der Waals surface area contributed by atoms with Crippen molar-refractivity contribution in [2.45, 2.75) is 64.6 Å². The number of rotatable bonds is 4. The van der Waals surface area contributed by atoms with Gasteiger partial charge in [-0.05, 0) is 49.7 Å². The van der Waals surface area contributed by atoms with Crippen molar-refractivity contribution in [1.29, 1.82) is 0 Å². The minimum Gasteiger partial charge on any atom is -0.417 e. The van der Waals surface area contributed by atoms with Crippen LogP contribution in [0.4, 0.5) is 0 Å². The molecule has 0 spiro atoms. The fraction of sp³-hybridized carbons (Fsp3) is 0.923. The van der Waals surface area contributed by atoms with Crippen molar-refractivity contribution in [2.75, 3.05) is 6.61 Å². The van der Waals surface area contributed by atoms with E-state index in [1.165, 1.54) is 25.7 Å². The normalized spacial score (nSPS) is 19.8. The smallest absolute Gasteiger partial charge is 0.191 e. The second-order valence-corrected chi connectivity index (χ2v) is 11.2. The zero-order chi connectivity index (χ0) is 11.5. The third-order valence-corrected chi connectivity index (χ3v) is 8.61. The van der Waals surface area contributed by atoms with E-state index in [9.17, 15) is 0 Å². The zero-order valence-corrected chi connectivity index (χ0v) is 12.1. The average molecular weight is 227 g/mol. The lowest BCUT2D eigenvalue weighted by Crippen LogP contribution is -2.41. The van der Waals surface area contributed by atoms with E-state index in [1.54, 1.807) is 0 Å². The molecule has 1 nitrogen and oxygen atoms in total. The SMILES string of the molecule is CC(C)(C)[Si](C)(C)OCCC1C[CH]CC1. The Balaban J connectivity index is 2.23. The summed E-state index contributed by atoms with van der Waals surface area (Å²) < 4.78 is 6.18. The number of hydrogen-bond acceptors (Lipinski definition) is 1. The van der Waals surface area contributed by atoms with Gasteiger partial charge >= 0.3 is 0 Å². The van der Waals surface area contributed by atoms with Crippen LogP contribution in [0, 0.1) is 12.3 Å². The summed E-state index contributed by atoms with van der Waals surface area (Å²) in [6.45, 7) is 12.6. The minimum absolute atomic E-state index is 0.356. The highest BCUT2D eigenvalue weighted by molar-refractivity contribution is 6.74. The second kappa shape index (κ2) is 5.01. The van der Waals surface area contributed by atoms with Crippen molar-refractivity contribution in [3.63, 3.8) is 0 Å². The molecule has 1 radical (unpaired) electrons. The second-order valence-electron chi connectivity index (χ2n) is 6.37. The largest absolute Gasteiger partial charge is 0.417 e. The van der Waals surface area contributed by atoms with E-state index in [4.69, 9.17) is 4.43 Å². The van der Waals surface area contributed by atoms with Crippen LogP contribution < -0.4 is 0 Å². The molecule has 0 amide bonds. The fourth-order valence-electron chi connectivity index (χ4n) is 1.78. The molecule has 2 heteroatoms. The highest BCUT2D eigenvalue weighted by Crippen LogP contribution is 2.37. The summed E-state index contributed by atoms with van der Waals surface area (Å²) in [5, 5.41) is 0.356. The van der Waals surface area contributed by atoms with Crippen molar-refractivity contribution in [3.8, 4) is 0 Å². The van der Waals surface area contributed by atoms with E-state index >= 15 is 0 Å². The summed E-state index contributed by atoms with van der Waals surface area (Å²) in [4.78, 5) is 0. The van der Waals surface area contributed by atoms with Gasteiger partial charge in [0.2, 0.25) is 0 Å². The van der Waals surface area contributed by atoms with Gasteiger partial charge in [0.25, 0.3) is 0 Å². The molecule has 1 atom stereocenters.